The van der Waals surface area contributed by atoms with Crippen LogP contribution in [0.3, 0.4) is 0 Å². The standard InChI is InChI=1S/C12H14FN3S/c1-7-4-5-10(13)9(6-7)12-16-15-11(17-12)8(2)14-3/h4-6,8,14H,1-3H3. The molecule has 2 aromatic rings. The molecule has 17 heavy (non-hydrogen) atoms. The summed E-state index contributed by atoms with van der Waals surface area (Å²) in [5.74, 6) is -0.254. The predicted octanol–water partition coefficient (Wildman–Crippen LogP) is 2.93. The number of rotatable bonds is 3. The van der Waals surface area contributed by atoms with Gasteiger partial charge in [0.15, 0.2) is 5.01 Å². The van der Waals surface area contributed by atoms with E-state index in [1.54, 1.807) is 12.1 Å². The molecule has 1 aromatic carbocycles. The maximum absolute atomic E-state index is 13.7. The molecule has 0 bridgehead atoms. The molecule has 1 unspecified atom stereocenters. The van der Waals surface area contributed by atoms with Crippen molar-refractivity contribution in [3.8, 4) is 10.6 Å². The highest BCUT2D eigenvalue weighted by Crippen LogP contribution is 2.29. The van der Waals surface area contributed by atoms with Crippen LogP contribution in [-0.2, 0) is 0 Å². The summed E-state index contributed by atoms with van der Waals surface area (Å²) in [6, 6.07) is 5.14. The van der Waals surface area contributed by atoms with Gasteiger partial charge in [-0.25, -0.2) is 4.39 Å². The molecule has 0 saturated carbocycles. The summed E-state index contributed by atoms with van der Waals surface area (Å²) < 4.78 is 13.7. The molecule has 0 radical (unpaired) electrons. The van der Waals surface area contributed by atoms with Crippen LogP contribution in [0, 0.1) is 12.7 Å². The highest BCUT2D eigenvalue weighted by molar-refractivity contribution is 7.14. The minimum atomic E-state index is -0.254. The summed E-state index contributed by atoms with van der Waals surface area (Å²) in [5, 5.41) is 12.7. The Hall–Kier alpha value is -1.33. The number of nitrogens with one attached hydrogen (secondary N) is 1. The van der Waals surface area contributed by atoms with Gasteiger partial charge < -0.3 is 5.32 Å². The van der Waals surface area contributed by atoms with Gasteiger partial charge in [-0.15, -0.1) is 10.2 Å². The van der Waals surface area contributed by atoms with Gasteiger partial charge in [-0.2, -0.15) is 0 Å². The van der Waals surface area contributed by atoms with Crippen LogP contribution < -0.4 is 5.32 Å². The lowest BCUT2D eigenvalue weighted by atomic mass is 10.1. The zero-order valence-corrected chi connectivity index (χ0v) is 10.8. The molecule has 0 aliphatic heterocycles. The summed E-state index contributed by atoms with van der Waals surface area (Å²) in [6.07, 6.45) is 0. The third-order valence-electron chi connectivity index (χ3n) is 2.60. The lowest BCUT2D eigenvalue weighted by molar-refractivity contribution is 0.630. The van der Waals surface area contributed by atoms with Gasteiger partial charge in [0.05, 0.1) is 6.04 Å². The van der Waals surface area contributed by atoms with Crippen molar-refractivity contribution in [3.05, 3.63) is 34.6 Å². The lowest BCUT2D eigenvalue weighted by Gasteiger charge is -2.03. The number of halogens is 1. The Kier molecular flexibility index (Phi) is 3.49. The molecular formula is C12H14FN3S. The van der Waals surface area contributed by atoms with Gasteiger partial charge in [0.25, 0.3) is 0 Å². The molecule has 1 heterocycles. The van der Waals surface area contributed by atoms with E-state index in [4.69, 9.17) is 0 Å². The van der Waals surface area contributed by atoms with Crippen LogP contribution >= 0.6 is 11.3 Å². The van der Waals surface area contributed by atoms with Gasteiger partial charge in [-0.05, 0) is 33.0 Å². The van der Waals surface area contributed by atoms with Gasteiger partial charge in [0.1, 0.15) is 10.8 Å². The Labute approximate surface area is 104 Å². The van der Waals surface area contributed by atoms with E-state index in [0.717, 1.165) is 10.6 Å². The average Bonchev–Trinajstić information content (AvgIpc) is 2.80. The van der Waals surface area contributed by atoms with E-state index in [1.165, 1.54) is 17.4 Å². The number of hydrogen-bond donors (Lipinski definition) is 1. The zero-order valence-electron chi connectivity index (χ0n) is 9.99. The van der Waals surface area contributed by atoms with E-state index >= 15 is 0 Å². The Morgan fingerprint density at radius 2 is 2.12 bits per heavy atom. The van der Waals surface area contributed by atoms with Crippen LogP contribution in [-0.4, -0.2) is 17.2 Å². The van der Waals surface area contributed by atoms with Crippen molar-refractivity contribution in [3.63, 3.8) is 0 Å². The number of aromatic nitrogens is 2. The first-order valence-electron chi connectivity index (χ1n) is 5.39. The number of benzene rings is 1. The van der Waals surface area contributed by atoms with Crippen molar-refractivity contribution in [1.82, 2.24) is 15.5 Å². The fourth-order valence-electron chi connectivity index (χ4n) is 1.44. The SMILES string of the molecule is CNC(C)c1nnc(-c2cc(C)ccc2F)s1. The second-order valence-corrected chi connectivity index (χ2v) is 4.95. The molecule has 0 amide bonds. The molecule has 1 aromatic heterocycles. The number of nitrogens with zero attached hydrogens (tertiary/aromatic N) is 2. The Balaban J connectivity index is 2.40. The largest absolute Gasteiger partial charge is 0.311 e. The number of hydrogen-bond acceptors (Lipinski definition) is 4. The molecule has 1 N–H and O–H groups in total. The van der Waals surface area contributed by atoms with Crippen molar-refractivity contribution in [1.29, 1.82) is 0 Å². The molecule has 0 saturated heterocycles. The van der Waals surface area contributed by atoms with Gasteiger partial charge in [0, 0.05) is 5.56 Å². The highest BCUT2D eigenvalue weighted by Gasteiger charge is 2.14. The molecule has 0 aliphatic rings. The van der Waals surface area contributed by atoms with E-state index in [9.17, 15) is 4.39 Å². The molecule has 0 fully saturated rings. The maximum Gasteiger partial charge on any atom is 0.150 e. The van der Waals surface area contributed by atoms with Gasteiger partial charge in [-0.3, -0.25) is 0 Å². The van der Waals surface area contributed by atoms with Gasteiger partial charge >= 0.3 is 0 Å². The normalized spacial score (nSPS) is 12.7. The first kappa shape index (κ1) is 12.1. The van der Waals surface area contributed by atoms with Crippen LogP contribution in [0.2, 0.25) is 0 Å². The second-order valence-electron chi connectivity index (χ2n) is 3.94. The summed E-state index contributed by atoms with van der Waals surface area (Å²) in [5.41, 5.74) is 1.54. The highest BCUT2D eigenvalue weighted by atomic mass is 32.1. The third-order valence-corrected chi connectivity index (χ3v) is 3.74. The van der Waals surface area contributed by atoms with Crippen molar-refractivity contribution in [2.75, 3.05) is 7.05 Å². The second kappa shape index (κ2) is 4.89. The van der Waals surface area contributed by atoms with Crippen molar-refractivity contribution in [2.24, 2.45) is 0 Å². The lowest BCUT2D eigenvalue weighted by Crippen LogP contribution is -2.11. The third kappa shape index (κ3) is 2.50. The Bertz CT molecular complexity index is 524. The van der Waals surface area contributed by atoms with Crippen molar-refractivity contribution < 1.29 is 4.39 Å². The molecule has 0 aliphatic carbocycles. The fourth-order valence-corrected chi connectivity index (χ4v) is 2.37. The monoisotopic (exact) mass is 251 g/mol. The van der Waals surface area contributed by atoms with Gasteiger partial charge in [-0.1, -0.05) is 23.0 Å². The fraction of sp³-hybridized carbons (Fsp3) is 0.333. The number of aryl methyl sites for hydroxylation is 1. The van der Waals surface area contributed by atoms with E-state index in [-0.39, 0.29) is 11.9 Å². The molecule has 1 atom stereocenters. The van der Waals surface area contributed by atoms with E-state index < -0.39 is 0 Å². The molecule has 90 valence electrons. The molecule has 2 rings (SSSR count). The summed E-state index contributed by atoms with van der Waals surface area (Å²) in [7, 11) is 1.86. The quantitative estimate of drug-likeness (QED) is 0.911. The molecule has 0 spiro atoms. The first-order chi connectivity index (χ1) is 8.11. The van der Waals surface area contributed by atoms with Crippen LogP contribution in [0.25, 0.3) is 10.6 Å². The van der Waals surface area contributed by atoms with Crippen LogP contribution in [0.5, 0.6) is 0 Å². The minimum Gasteiger partial charge on any atom is -0.311 e. The predicted molar refractivity (Wildman–Crippen MR) is 67.5 cm³/mol. The molecule has 5 heteroatoms. The molecule has 3 nitrogen and oxygen atoms in total. The Morgan fingerprint density at radius 1 is 1.35 bits per heavy atom. The Morgan fingerprint density at radius 3 is 2.82 bits per heavy atom. The first-order valence-corrected chi connectivity index (χ1v) is 6.20. The van der Waals surface area contributed by atoms with Crippen LogP contribution in [0.15, 0.2) is 18.2 Å². The van der Waals surface area contributed by atoms with Crippen LogP contribution in [0.1, 0.15) is 23.5 Å². The zero-order chi connectivity index (χ0) is 12.4. The topological polar surface area (TPSA) is 37.8 Å². The smallest absolute Gasteiger partial charge is 0.150 e. The summed E-state index contributed by atoms with van der Waals surface area (Å²) in [4.78, 5) is 0. The average molecular weight is 251 g/mol. The minimum absolute atomic E-state index is 0.133. The molecular weight excluding hydrogens is 237 g/mol. The summed E-state index contributed by atoms with van der Waals surface area (Å²) >= 11 is 1.42. The van der Waals surface area contributed by atoms with Crippen LogP contribution in [0.4, 0.5) is 4.39 Å². The van der Waals surface area contributed by atoms with Gasteiger partial charge in [0.2, 0.25) is 0 Å². The maximum atomic E-state index is 13.7. The summed E-state index contributed by atoms with van der Waals surface area (Å²) in [6.45, 7) is 3.93. The van der Waals surface area contributed by atoms with E-state index in [1.807, 2.05) is 20.9 Å². The van der Waals surface area contributed by atoms with Crippen molar-refractivity contribution in [2.45, 2.75) is 19.9 Å². The van der Waals surface area contributed by atoms with Crippen molar-refractivity contribution >= 4 is 11.3 Å². The van der Waals surface area contributed by atoms with E-state index in [2.05, 4.69) is 15.5 Å². The van der Waals surface area contributed by atoms with E-state index in [0.29, 0.717) is 10.6 Å².